The third-order valence-electron chi connectivity index (χ3n) is 6.05. The van der Waals surface area contributed by atoms with E-state index in [0.717, 1.165) is 44.9 Å². The lowest BCUT2D eigenvalue weighted by Crippen LogP contribution is -2.28. The summed E-state index contributed by atoms with van der Waals surface area (Å²) in [5.74, 6) is 0.475. The van der Waals surface area contributed by atoms with Crippen molar-refractivity contribution in [3.05, 3.63) is 86.0 Å². The van der Waals surface area contributed by atoms with E-state index in [-0.39, 0.29) is 5.41 Å². The van der Waals surface area contributed by atoms with Crippen molar-refractivity contribution >= 4 is 29.3 Å². The van der Waals surface area contributed by atoms with E-state index in [9.17, 15) is 4.79 Å². The molecule has 0 radical (unpaired) electrons. The van der Waals surface area contributed by atoms with Crippen LogP contribution in [0.2, 0.25) is 0 Å². The molecule has 0 bridgehead atoms. The molecule has 1 fully saturated rings. The van der Waals surface area contributed by atoms with Crippen LogP contribution in [0.3, 0.4) is 0 Å². The van der Waals surface area contributed by atoms with Gasteiger partial charge in [0, 0.05) is 32.1 Å². The van der Waals surface area contributed by atoms with Gasteiger partial charge in [0.05, 0.1) is 0 Å². The summed E-state index contributed by atoms with van der Waals surface area (Å²) in [4.78, 5) is 15.5. The van der Waals surface area contributed by atoms with Crippen molar-refractivity contribution in [1.82, 2.24) is 0 Å². The van der Waals surface area contributed by atoms with Crippen LogP contribution in [0.1, 0.15) is 44.9 Å². The largest absolute Gasteiger partial charge is 0.299 e. The van der Waals surface area contributed by atoms with Gasteiger partial charge in [-0.05, 0) is 62.8 Å². The van der Waals surface area contributed by atoms with Crippen LogP contribution in [-0.4, -0.2) is 16.3 Å². The number of rotatable bonds is 12. The highest BCUT2D eigenvalue weighted by atomic mass is 32.2. The first-order valence-electron chi connectivity index (χ1n) is 10.9. The van der Waals surface area contributed by atoms with Gasteiger partial charge in [0.15, 0.2) is 0 Å². The van der Waals surface area contributed by atoms with Gasteiger partial charge in [-0.25, -0.2) is 0 Å². The summed E-state index contributed by atoms with van der Waals surface area (Å²) in [6.45, 7) is 8.11. The van der Waals surface area contributed by atoms with Crippen LogP contribution in [-0.2, 0) is 4.79 Å². The number of ketones is 1. The SMILES string of the molecule is C=C[C@H](CCC1(CC[C@@H](C=C)Sc2ccccc2)CCCC1=O)Sc1ccccc1. The zero-order chi connectivity index (χ0) is 21.2. The average molecular weight is 437 g/mol. The molecule has 2 atom stereocenters. The molecule has 0 aliphatic heterocycles. The van der Waals surface area contributed by atoms with Crippen LogP contribution < -0.4 is 0 Å². The molecule has 3 rings (SSSR count). The molecule has 2 aromatic carbocycles. The highest BCUT2D eigenvalue weighted by Gasteiger charge is 2.41. The molecule has 0 amide bonds. The topological polar surface area (TPSA) is 17.1 Å². The van der Waals surface area contributed by atoms with Crippen molar-refractivity contribution in [1.29, 1.82) is 0 Å². The first kappa shape index (κ1) is 23.0. The van der Waals surface area contributed by atoms with E-state index in [1.54, 1.807) is 0 Å². The van der Waals surface area contributed by atoms with Gasteiger partial charge in [-0.15, -0.1) is 36.7 Å². The number of carbonyl (C=O) groups excluding carboxylic acids is 1. The Bertz CT molecular complexity index is 758. The van der Waals surface area contributed by atoms with Crippen molar-refractivity contribution in [3.63, 3.8) is 0 Å². The number of benzene rings is 2. The predicted octanol–water partition coefficient (Wildman–Crippen LogP) is 7.98. The van der Waals surface area contributed by atoms with E-state index < -0.39 is 0 Å². The van der Waals surface area contributed by atoms with E-state index in [2.05, 4.69) is 61.7 Å². The van der Waals surface area contributed by atoms with Crippen molar-refractivity contribution in [3.8, 4) is 0 Å². The maximum absolute atomic E-state index is 12.9. The van der Waals surface area contributed by atoms with Crippen LogP contribution >= 0.6 is 23.5 Å². The molecule has 0 heterocycles. The van der Waals surface area contributed by atoms with Gasteiger partial charge in [-0.2, -0.15) is 0 Å². The minimum absolute atomic E-state index is 0.156. The molecule has 0 saturated heterocycles. The predicted molar refractivity (Wildman–Crippen MR) is 132 cm³/mol. The number of hydrogen-bond acceptors (Lipinski definition) is 3. The van der Waals surface area contributed by atoms with Crippen LogP contribution in [0.15, 0.2) is 95.8 Å². The van der Waals surface area contributed by atoms with Crippen LogP contribution in [0.4, 0.5) is 0 Å². The summed E-state index contributed by atoms with van der Waals surface area (Å²) < 4.78 is 0. The van der Waals surface area contributed by atoms with Crippen molar-refractivity contribution in [2.24, 2.45) is 5.41 Å². The molecule has 1 aliphatic carbocycles. The smallest absolute Gasteiger partial charge is 0.139 e. The molecule has 0 N–H and O–H groups in total. The number of carbonyl (C=O) groups is 1. The normalized spacial score (nSPS) is 17.4. The fourth-order valence-corrected chi connectivity index (χ4v) is 6.27. The first-order valence-corrected chi connectivity index (χ1v) is 12.6. The molecular weight excluding hydrogens is 404 g/mol. The monoisotopic (exact) mass is 436 g/mol. The lowest BCUT2D eigenvalue weighted by molar-refractivity contribution is -0.126. The van der Waals surface area contributed by atoms with Gasteiger partial charge in [0.25, 0.3) is 0 Å². The molecule has 1 aliphatic rings. The van der Waals surface area contributed by atoms with Crippen LogP contribution in [0.5, 0.6) is 0 Å². The van der Waals surface area contributed by atoms with Gasteiger partial charge in [0.2, 0.25) is 0 Å². The Morgan fingerprint density at radius 2 is 1.30 bits per heavy atom. The Morgan fingerprint density at radius 3 is 1.67 bits per heavy atom. The van der Waals surface area contributed by atoms with Gasteiger partial charge in [-0.1, -0.05) is 48.6 Å². The molecular formula is C27H32OS2. The third kappa shape index (κ3) is 6.39. The van der Waals surface area contributed by atoms with Gasteiger partial charge in [0.1, 0.15) is 5.78 Å². The molecule has 2 aromatic rings. The highest BCUT2D eigenvalue weighted by molar-refractivity contribution is 8.00. The molecule has 1 nitrogen and oxygen atoms in total. The van der Waals surface area contributed by atoms with Gasteiger partial charge < -0.3 is 0 Å². The molecule has 0 spiro atoms. The second kappa shape index (κ2) is 11.6. The van der Waals surface area contributed by atoms with E-state index >= 15 is 0 Å². The number of thioether (sulfide) groups is 2. The van der Waals surface area contributed by atoms with E-state index in [1.165, 1.54) is 9.79 Å². The standard InChI is InChI=1S/C27H32OS2/c1-3-22(29-24-12-7-5-8-13-24)17-20-27(19-11-16-26(27)28)21-18-23(4-2)30-25-14-9-6-10-15-25/h3-10,12-15,22-23H,1-2,11,16-21H2/t22-,23-/m1/s1. The molecule has 158 valence electrons. The van der Waals surface area contributed by atoms with Gasteiger partial charge in [-0.3, -0.25) is 4.79 Å². The summed E-state index contributed by atoms with van der Waals surface area (Å²) in [6, 6.07) is 21.0. The Kier molecular flexibility index (Phi) is 8.89. The van der Waals surface area contributed by atoms with Crippen molar-refractivity contribution < 1.29 is 4.79 Å². The van der Waals surface area contributed by atoms with Crippen molar-refractivity contribution in [2.45, 2.75) is 65.2 Å². The van der Waals surface area contributed by atoms with E-state index in [1.807, 2.05) is 47.8 Å². The maximum Gasteiger partial charge on any atom is 0.139 e. The Hall–Kier alpha value is -1.71. The summed E-state index contributed by atoms with van der Waals surface area (Å²) in [5, 5.41) is 0.679. The first-order chi connectivity index (χ1) is 14.6. The number of hydrogen-bond donors (Lipinski definition) is 0. The summed E-state index contributed by atoms with van der Waals surface area (Å²) in [7, 11) is 0. The average Bonchev–Trinajstić information content (AvgIpc) is 3.15. The third-order valence-corrected chi connectivity index (χ3v) is 8.60. The molecule has 30 heavy (non-hydrogen) atoms. The summed E-state index contributed by atoms with van der Waals surface area (Å²) >= 11 is 3.71. The molecule has 0 aromatic heterocycles. The Morgan fingerprint density at radius 1 is 0.833 bits per heavy atom. The minimum atomic E-state index is -0.156. The summed E-state index contributed by atoms with van der Waals surface area (Å²) in [5.41, 5.74) is -0.156. The zero-order valence-corrected chi connectivity index (χ0v) is 19.3. The lowest BCUT2D eigenvalue weighted by atomic mass is 9.76. The van der Waals surface area contributed by atoms with Crippen molar-refractivity contribution in [2.75, 3.05) is 0 Å². The molecule has 0 unspecified atom stereocenters. The van der Waals surface area contributed by atoms with Crippen LogP contribution in [0, 0.1) is 5.41 Å². The maximum atomic E-state index is 12.9. The number of Topliss-reactive ketones (excluding diaryl/α,β-unsaturated/α-hetero) is 1. The quantitative estimate of drug-likeness (QED) is 0.248. The fraction of sp³-hybridized carbons (Fsp3) is 0.370. The Balaban J connectivity index is 1.60. The van der Waals surface area contributed by atoms with E-state index in [0.29, 0.717) is 16.3 Å². The second-order valence-corrected chi connectivity index (χ2v) is 10.7. The zero-order valence-electron chi connectivity index (χ0n) is 17.7. The molecule has 3 heteroatoms. The minimum Gasteiger partial charge on any atom is -0.299 e. The Labute approximate surface area is 190 Å². The summed E-state index contributed by atoms with van der Waals surface area (Å²) in [6.07, 6.45) is 10.8. The lowest BCUT2D eigenvalue weighted by Gasteiger charge is -2.30. The highest BCUT2D eigenvalue weighted by Crippen LogP contribution is 2.45. The second-order valence-electron chi connectivity index (χ2n) is 8.04. The fourth-order valence-electron chi connectivity index (χ4n) is 4.28. The molecule has 1 saturated carbocycles. The van der Waals surface area contributed by atoms with Crippen LogP contribution in [0.25, 0.3) is 0 Å². The van der Waals surface area contributed by atoms with Gasteiger partial charge >= 0.3 is 0 Å². The van der Waals surface area contributed by atoms with E-state index in [4.69, 9.17) is 0 Å².